The average Bonchev–Trinajstić information content (AvgIpc) is 3.00. The highest BCUT2D eigenvalue weighted by atomic mass is 16.7. The molecule has 0 aliphatic heterocycles. The Hall–Kier alpha value is -2.71. The van der Waals surface area contributed by atoms with E-state index in [-0.39, 0.29) is 11.7 Å². The molecule has 0 N–H and O–H groups in total. The molecular formula is C12H11N3O6. The van der Waals surface area contributed by atoms with E-state index in [1.54, 1.807) is 6.92 Å². The maximum atomic E-state index is 11.8. The molecule has 110 valence electrons. The lowest BCUT2D eigenvalue weighted by Gasteiger charge is -2.06. The van der Waals surface area contributed by atoms with Crippen molar-refractivity contribution in [3.63, 3.8) is 0 Å². The largest absolute Gasteiger partial charge is 0.447 e. The zero-order valence-corrected chi connectivity index (χ0v) is 11.0. The number of nitrogens with zero attached hydrogens (tertiary/aromatic N) is 3. The van der Waals surface area contributed by atoms with Crippen molar-refractivity contribution in [2.75, 3.05) is 0 Å². The molecule has 1 aliphatic rings. The fourth-order valence-corrected chi connectivity index (χ4v) is 1.72. The molecule has 0 saturated heterocycles. The number of aromatic nitrogens is 2. The van der Waals surface area contributed by atoms with Gasteiger partial charge in [-0.05, 0) is 25.8 Å². The maximum Gasteiger partial charge on any atom is 0.433 e. The Labute approximate surface area is 118 Å². The van der Waals surface area contributed by atoms with Crippen molar-refractivity contribution in [3.8, 4) is 0 Å². The van der Waals surface area contributed by atoms with Crippen LogP contribution in [-0.4, -0.2) is 21.0 Å². The number of rotatable bonds is 5. The normalized spacial score (nSPS) is 15.7. The molecule has 2 aromatic heterocycles. The third-order valence-electron chi connectivity index (χ3n) is 3.00. The van der Waals surface area contributed by atoms with Crippen LogP contribution >= 0.6 is 0 Å². The third-order valence-corrected chi connectivity index (χ3v) is 3.00. The Morgan fingerprint density at radius 3 is 2.90 bits per heavy atom. The van der Waals surface area contributed by atoms with Crippen LogP contribution in [0.25, 0.3) is 0 Å². The Bertz CT molecular complexity index is 687. The van der Waals surface area contributed by atoms with Gasteiger partial charge in [0.1, 0.15) is 4.92 Å². The van der Waals surface area contributed by atoms with E-state index in [1.165, 1.54) is 6.07 Å². The standard InChI is InChI=1S/C12H11N3O6/c1-6(11-13-10(14-21-11)7-2-3-7)19-12(16)8-4-5-9(20-8)15(17)18/h4-7H,2-3H2,1H3/t6-/m0/s1. The summed E-state index contributed by atoms with van der Waals surface area (Å²) >= 11 is 0. The SMILES string of the molecule is C[C@H](OC(=O)c1ccc([N+](=O)[O-])o1)c1nc(C2CC2)no1. The third kappa shape index (κ3) is 2.76. The van der Waals surface area contributed by atoms with Gasteiger partial charge in [0.05, 0.1) is 6.07 Å². The highest BCUT2D eigenvalue weighted by molar-refractivity contribution is 5.86. The van der Waals surface area contributed by atoms with Crippen molar-refractivity contribution < 1.29 is 23.4 Å². The van der Waals surface area contributed by atoms with Gasteiger partial charge in [0.25, 0.3) is 5.89 Å². The van der Waals surface area contributed by atoms with Gasteiger partial charge < -0.3 is 13.7 Å². The van der Waals surface area contributed by atoms with Crippen molar-refractivity contribution in [2.24, 2.45) is 0 Å². The summed E-state index contributed by atoms with van der Waals surface area (Å²) in [6.07, 6.45) is 1.30. The molecule has 21 heavy (non-hydrogen) atoms. The Morgan fingerprint density at radius 2 is 2.29 bits per heavy atom. The second kappa shape index (κ2) is 5.00. The first-order valence-corrected chi connectivity index (χ1v) is 6.33. The first-order chi connectivity index (χ1) is 10.0. The fourth-order valence-electron chi connectivity index (χ4n) is 1.72. The molecule has 0 amide bonds. The smallest absolute Gasteiger partial charge is 0.433 e. The molecule has 1 saturated carbocycles. The van der Waals surface area contributed by atoms with E-state index in [9.17, 15) is 14.9 Å². The predicted octanol–water partition coefficient (Wildman–Crippen LogP) is 2.37. The van der Waals surface area contributed by atoms with Crippen LogP contribution in [0, 0.1) is 10.1 Å². The molecule has 9 heteroatoms. The van der Waals surface area contributed by atoms with Crippen LogP contribution in [0.2, 0.25) is 0 Å². The number of carbonyl (C=O) groups excluding carboxylic acids is 1. The molecule has 0 spiro atoms. The number of carbonyl (C=O) groups is 1. The molecule has 1 aliphatic carbocycles. The minimum atomic E-state index is -0.832. The van der Waals surface area contributed by atoms with E-state index < -0.39 is 22.9 Å². The van der Waals surface area contributed by atoms with Gasteiger partial charge in [-0.3, -0.25) is 10.1 Å². The Morgan fingerprint density at radius 1 is 1.52 bits per heavy atom. The van der Waals surface area contributed by atoms with Crippen molar-refractivity contribution in [1.29, 1.82) is 0 Å². The summed E-state index contributed by atoms with van der Waals surface area (Å²) in [5.74, 6) is -0.480. The average molecular weight is 293 g/mol. The van der Waals surface area contributed by atoms with Gasteiger partial charge in [0, 0.05) is 5.92 Å². The number of furan rings is 1. The van der Waals surface area contributed by atoms with Crippen LogP contribution in [0.3, 0.4) is 0 Å². The minimum absolute atomic E-state index is 0.186. The molecule has 3 rings (SSSR count). The quantitative estimate of drug-likeness (QED) is 0.467. The van der Waals surface area contributed by atoms with Crippen molar-refractivity contribution in [2.45, 2.75) is 31.8 Å². The van der Waals surface area contributed by atoms with E-state index in [0.29, 0.717) is 11.7 Å². The molecule has 2 aromatic rings. The monoisotopic (exact) mass is 293 g/mol. The molecule has 9 nitrogen and oxygen atoms in total. The molecule has 1 atom stereocenters. The van der Waals surface area contributed by atoms with Crippen molar-refractivity contribution in [1.82, 2.24) is 10.1 Å². The van der Waals surface area contributed by atoms with Gasteiger partial charge in [0.2, 0.25) is 5.76 Å². The highest BCUT2D eigenvalue weighted by Gasteiger charge is 2.30. The van der Waals surface area contributed by atoms with Gasteiger partial charge >= 0.3 is 11.9 Å². The lowest BCUT2D eigenvalue weighted by Crippen LogP contribution is -2.08. The zero-order valence-electron chi connectivity index (χ0n) is 11.0. The minimum Gasteiger partial charge on any atom is -0.447 e. The molecule has 2 heterocycles. The summed E-state index contributed by atoms with van der Waals surface area (Å²) in [6.45, 7) is 1.57. The van der Waals surface area contributed by atoms with E-state index >= 15 is 0 Å². The topological polar surface area (TPSA) is 122 Å². The van der Waals surface area contributed by atoms with Gasteiger partial charge in [0.15, 0.2) is 11.9 Å². The van der Waals surface area contributed by atoms with Crippen LogP contribution < -0.4 is 0 Å². The summed E-state index contributed by atoms with van der Waals surface area (Å²) in [5.41, 5.74) is 0. The maximum absolute atomic E-state index is 11.8. The summed E-state index contributed by atoms with van der Waals surface area (Å²) < 4.78 is 14.9. The first kappa shape index (κ1) is 13.3. The van der Waals surface area contributed by atoms with Crippen LogP contribution in [0.15, 0.2) is 21.1 Å². The highest BCUT2D eigenvalue weighted by Crippen LogP contribution is 2.38. The van der Waals surface area contributed by atoms with Gasteiger partial charge in [-0.2, -0.15) is 4.98 Å². The van der Waals surface area contributed by atoms with Gasteiger partial charge in [-0.1, -0.05) is 5.16 Å². The zero-order chi connectivity index (χ0) is 15.0. The summed E-state index contributed by atoms with van der Waals surface area (Å²) in [5, 5.41) is 14.3. The Kier molecular flexibility index (Phi) is 3.16. The molecule has 0 radical (unpaired) electrons. The molecule has 0 aromatic carbocycles. The van der Waals surface area contributed by atoms with Crippen LogP contribution in [0.4, 0.5) is 5.88 Å². The lowest BCUT2D eigenvalue weighted by atomic mass is 10.3. The van der Waals surface area contributed by atoms with E-state index in [4.69, 9.17) is 13.7 Å². The van der Waals surface area contributed by atoms with Crippen LogP contribution in [0.1, 0.15) is 54.1 Å². The summed E-state index contributed by atoms with van der Waals surface area (Å²) in [6, 6.07) is 2.26. The van der Waals surface area contributed by atoms with Gasteiger partial charge in [-0.25, -0.2) is 4.79 Å². The second-order valence-corrected chi connectivity index (χ2v) is 4.71. The predicted molar refractivity (Wildman–Crippen MR) is 65.5 cm³/mol. The fraction of sp³-hybridized carbons (Fsp3) is 0.417. The van der Waals surface area contributed by atoms with Gasteiger partial charge in [-0.15, -0.1) is 0 Å². The molecule has 0 unspecified atom stereocenters. The van der Waals surface area contributed by atoms with E-state index in [0.717, 1.165) is 18.9 Å². The molecule has 1 fully saturated rings. The second-order valence-electron chi connectivity index (χ2n) is 4.71. The van der Waals surface area contributed by atoms with E-state index in [2.05, 4.69) is 10.1 Å². The summed E-state index contributed by atoms with van der Waals surface area (Å²) in [4.78, 5) is 25.7. The van der Waals surface area contributed by atoms with Crippen LogP contribution in [0.5, 0.6) is 0 Å². The Balaban J connectivity index is 1.66. The number of nitro groups is 1. The van der Waals surface area contributed by atoms with Crippen molar-refractivity contribution >= 4 is 11.9 Å². The first-order valence-electron chi connectivity index (χ1n) is 6.33. The van der Waals surface area contributed by atoms with Crippen LogP contribution in [-0.2, 0) is 4.74 Å². The lowest BCUT2D eigenvalue weighted by molar-refractivity contribution is -0.402. The summed E-state index contributed by atoms with van der Waals surface area (Å²) in [7, 11) is 0. The number of hydrogen-bond acceptors (Lipinski definition) is 8. The molecular weight excluding hydrogens is 282 g/mol. The number of esters is 1. The molecule has 0 bridgehead atoms. The number of ether oxygens (including phenoxy) is 1. The van der Waals surface area contributed by atoms with Crippen molar-refractivity contribution in [3.05, 3.63) is 39.7 Å². The van der Waals surface area contributed by atoms with E-state index in [1.807, 2.05) is 0 Å². The number of hydrogen-bond donors (Lipinski definition) is 0.